The molecule has 1 spiro atoms. The molecule has 4 heteroatoms. The minimum atomic E-state index is -2.43. The van der Waals surface area contributed by atoms with Crippen molar-refractivity contribution in [3.05, 3.63) is 35.7 Å². The highest BCUT2D eigenvalue weighted by Crippen LogP contribution is 2.57. The van der Waals surface area contributed by atoms with E-state index in [-0.39, 0.29) is 18.3 Å². The van der Waals surface area contributed by atoms with Gasteiger partial charge in [-0.2, -0.15) is 0 Å². The van der Waals surface area contributed by atoms with Crippen molar-refractivity contribution in [1.82, 2.24) is 0 Å². The largest absolute Gasteiger partial charge is 0.370 e. The molecule has 1 aromatic carbocycles. The Kier molecular flexibility index (Phi) is 1.97. The second-order valence-corrected chi connectivity index (χ2v) is 5.19. The maximum Gasteiger partial charge on any atom is 0.249 e. The van der Waals surface area contributed by atoms with Gasteiger partial charge in [0.25, 0.3) is 0 Å². The highest BCUT2D eigenvalue weighted by atomic mass is 19.3. The van der Waals surface area contributed by atoms with E-state index in [1.54, 1.807) is 12.1 Å². The molecule has 17 heavy (non-hydrogen) atoms. The molecule has 3 rings (SSSR count). The van der Waals surface area contributed by atoms with Gasteiger partial charge in [0.05, 0.1) is 6.57 Å². The number of anilines is 1. The summed E-state index contributed by atoms with van der Waals surface area (Å²) in [7, 11) is 0. The van der Waals surface area contributed by atoms with Crippen LogP contribution in [-0.2, 0) is 0 Å². The first-order valence-electron chi connectivity index (χ1n) is 5.62. The second-order valence-electron chi connectivity index (χ2n) is 5.19. The van der Waals surface area contributed by atoms with Crippen LogP contribution in [0.4, 0.5) is 20.2 Å². The Morgan fingerprint density at radius 2 is 1.71 bits per heavy atom. The van der Waals surface area contributed by atoms with Gasteiger partial charge >= 0.3 is 0 Å². The van der Waals surface area contributed by atoms with Crippen LogP contribution in [0.5, 0.6) is 0 Å². The van der Waals surface area contributed by atoms with E-state index in [1.807, 2.05) is 12.1 Å². The minimum absolute atomic E-state index is 0.0383. The first-order chi connectivity index (χ1) is 8.02. The predicted octanol–water partition coefficient (Wildman–Crippen LogP) is 3.47. The first kappa shape index (κ1) is 10.5. The fourth-order valence-corrected chi connectivity index (χ4v) is 2.95. The van der Waals surface area contributed by atoms with Gasteiger partial charge in [-0.1, -0.05) is 12.1 Å². The molecule has 1 aromatic rings. The number of rotatable bonds is 1. The van der Waals surface area contributed by atoms with Crippen LogP contribution in [0.15, 0.2) is 24.3 Å². The van der Waals surface area contributed by atoms with Crippen LogP contribution < -0.4 is 4.90 Å². The summed E-state index contributed by atoms with van der Waals surface area (Å²) in [6, 6.07) is 7.31. The van der Waals surface area contributed by atoms with Crippen molar-refractivity contribution in [2.45, 2.75) is 18.8 Å². The molecular formula is C13H12F2N2. The molecule has 2 aliphatic rings. The highest BCUT2D eigenvalue weighted by Gasteiger charge is 2.61. The third-order valence-electron chi connectivity index (χ3n) is 3.66. The van der Waals surface area contributed by atoms with E-state index in [2.05, 4.69) is 9.74 Å². The maximum atomic E-state index is 12.8. The zero-order chi connectivity index (χ0) is 12.1. The number of benzene rings is 1. The van der Waals surface area contributed by atoms with Gasteiger partial charge in [-0.05, 0) is 12.1 Å². The van der Waals surface area contributed by atoms with Gasteiger partial charge in [-0.25, -0.2) is 13.6 Å². The van der Waals surface area contributed by atoms with E-state index in [9.17, 15) is 8.78 Å². The fraction of sp³-hybridized carbons (Fsp3) is 0.462. The summed E-state index contributed by atoms with van der Waals surface area (Å²) in [5.41, 5.74) is 1.50. The van der Waals surface area contributed by atoms with E-state index in [1.165, 1.54) is 0 Å². The molecule has 0 aromatic heterocycles. The Labute approximate surface area is 98.7 Å². The second kappa shape index (κ2) is 3.19. The standard InChI is InChI=1S/C13H12F2N2/c1-16-10-2-4-11(5-3-10)17-8-12(9-17)6-13(14,15)7-12/h2-5H,6-9H2. The van der Waals surface area contributed by atoms with E-state index in [0.29, 0.717) is 5.69 Å². The molecule has 2 nitrogen and oxygen atoms in total. The van der Waals surface area contributed by atoms with Crippen LogP contribution in [0.3, 0.4) is 0 Å². The number of hydrogen-bond donors (Lipinski definition) is 0. The Balaban J connectivity index is 1.64. The van der Waals surface area contributed by atoms with Crippen molar-refractivity contribution >= 4 is 11.4 Å². The molecule has 1 saturated carbocycles. The summed E-state index contributed by atoms with van der Waals surface area (Å²) < 4.78 is 25.7. The average molecular weight is 234 g/mol. The SMILES string of the molecule is [C-]#[N+]c1ccc(N2CC3(C2)CC(F)(F)C3)cc1. The molecule has 0 unspecified atom stereocenters. The lowest BCUT2D eigenvalue weighted by molar-refractivity contribution is -0.170. The van der Waals surface area contributed by atoms with E-state index in [0.717, 1.165) is 18.8 Å². The smallest absolute Gasteiger partial charge is 0.249 e. The number of nitrogens with zero attached hydrogens (tertiary/aromatic N) is 2. The Morgan fingerprint density at radius 3 is 2.18 bits per heavy atom. The Hall–Kier alpha value is -1.63. The van der Waals surface area contributed by atoms with Crippen LogP contribution in [0, 0.1) is 12.0 Å². The van der Waals surface area contributed by atoms with E-state index in [4.69, 9.17) is 6.57 Å². The summed E-state index contributed by atoms with van der Waals surface area (Å²) in [5.74, 6) is -2.43. The Morgan fingerprint density at radius 1 is 1.12 bits per heavy atom. The van der Waals surface area contributed by atoms with Crippen molar-refractivity contribution < 1.29 is 8.78 Å². The normalized spacial score (nSPS) is 23.7. The topological polar surface area (TPSA) is 7.60 Å². The zero-order valence-electron chi connectivity index (χ0n) is 9.29. The molecule has 2 fully saturated rings. The van der Waals surface area contributed by atoms with Gasteiger partial charge in [0.15, 0.2) is 5.69 Å². The van der Waals surface area contributed by atoms with Crippen molar-refractivity contribution in [3.8, 4) is 0 Å². The van der Waals surface area contributed by atoms with Gasteiger partial charge in [0, 0.05) is 37.0 Å². The molecule has 0 N–H and O–H groups in total. The molecule has 88 valence electrons. The molecule has 0 radical (unpaired) electrons. The zero-order valence-corrected chi connectivity index (χ0v) is 9.29. The molecule has 1 heterocycles. The summed E-state index contributed by atoms with van der Waals surface area (Å²) in [6.07, 6.45) is 0.0767. The van der Waals surface area contributed by atoms with Gasteiger partial charge < -0.3 is 4.90 Å². The monoisotopic (exact) mass is 234 g/mol. The van der Waals surface area contributed by atoms with Crippen molar-refractivity contribution in [2.24, 2.45) is 5.41 Å². The summed E-state index contributed by atoms with van der Waals surface area (Å²) in [5, 5.41) is 0. The van der Waals surface area contributed by atoms with Gasteiger partial charge in [-0.15, -0.1) is 0 Å². The molecule has 1 aliphatic heterocycles. The number of halogens is 2. The van der Waals surface area contributed by atoms with E-state index >= 15 is 0 Å². The summed E-state index contributed by atoms with van der Waals surface area (Å²) >= 11 is 0. The fourth-order valence-electron chi connectivity index (χ4n) is 2.95. The average Bonchev–Trinajstić information content (AvgIpc) is 2.22. The third kappa shape index (κ3) is 1.66. The van der Waals surface area contributed by atoms with Crippen molar-refractivity contribution in [2.75, 3.05) is 18.0 Å². The first-order valence-corrected chi connectivity index (χ1v) is 5.62. The van der Waals surface area contributed by atoms with Gasteiger partial charge in [0.1, 0.15) is 0 Å². The van der Waals surface area contributed by atoms with Crippen LogP contribution in [0.1, 0.15) is 12.8 Å². The van der Waals surface area contributed by atoms with Crippen LogP contribution in [0.2, 0.25) is 0 Å². The molecule has 1 saturated heterocycles. The van der Waals surface area contributed by atoms with Crippen LogP contribution in [0.25, 0.3) is 4.85 Å². The highest BCUT2D eigenvalue weighted by molar-refractivity contribution is 5.57. The lowest BCUT2D eigenvalue weighted by atomic mass is 9.61. The summed E-state index contributed by atoms with van der Waals surface area (Å²) in [6.45, 7) is 8.30. The van der Waals surface area contributed by atoms with Crippen LogP contribution in [-0.4, -0.2) is 19.0 Å². The third-order valence-corrected chi connectivity index (χ3v) is 3.66. The van der Waals surface area contributed by atoms with Crippen LogP contribution >= 0.6 is 0 Å². The quantitative estimate of drug-likeness (QED) is 0.675. The molecule has 1 aliphatic carbocycles. The molecule has 0 amide bonds. The minimum Gasteiger partial charge on any atom is -0.370 e. The number of alkyl halides is 2. The molecular weight excluding hydrogens is 222 g/mol. The van der Waals surface area contributed by atoms with Gasteiger partial charge in [-0.3, -0.25) is 0 Å². The summed E-state index contributed by atoms with van der Waals surface area (Å²) in [4.78, 5) is 5.42. The Bertz CT molecular complexity index is 471. The lowest BCUT2D eigenvalue weighted by Gasteiger charge is -2.59. The van der Waals surface area contributed by atoms with Crippen molar-refractivity contribution in [1.29, 1.82) is 0 Å². The number of hydrogen-bond acceptors (Lipinski definition) is 1. The maximum absolute atomic E-state index is 12.8. The molecule has 0 atom stereocenters. The predicted molar refractivity (Wildman–Crippen MR) is 61.5 cm³/mol. The van der Waals surface area contributed by atoms with E-state index < -0.39 is 5.92 Å². The molecule has 0 bridgehead atoms. The van der Waals surface area contributed by atoms with Gasteiger partial charge in [0.2, 0.25) is 5.92 Å². The van der Waals surface area contributed by atoms with Crippen molar-refractivity contribution in [3.63, 3.8) is 0 Å². The lowest BCUT2D eigenvalue weighted by Crippen LogP contribution is -2.65.